The number of benzene rings is 2. The van der Waals surface area contributed by atoms with Crippen LogP contribution in [0.2, 0.25) is 0 Å². The number of aryl methyl sites for hydroxylation is 3. The van der Waals surface area contributed by atoms with Crippen molar-refractivity contribution in [2.45, 2.75) is 27.2 Å². The summed E-state index contributed by atoms with van der Waals surface area (Å²) in [5, 5.41) is 0. The van der Waals surface area contributed by atoms with E-state index in [0.717, 1.165) is 46.9 Å². The van der Waals surface area contributed by atoms with E-state index in [1.54, 1.807) is 0 Å². The molecule has 1 aliphatic rings. The van der Waals surface area contributed by atoms with Gasteiger partial charge in [0.1, 0.15) is 11.6 Å². The van der Waals surface area contributed by atoms with E-state index < -0.39 is 0 Å². The van der Waals surface area contributed by atoms with Crippen molar-refractivity contribution >= 4 is 27.7 Å². The second kappa shape index (κ2) is 9.18. The van der Waals surface area contributed by atoms with Crippen LogP contribution in [0.5, 0.6) is 0 Å². The fraction of sp³-hybridized carbons (Fsp3) is 0.320. The zero-order chi connectivity index (χ0) is 22.0. The number of nitrogens with zero attached hydrogens (tertiary/aromatic N) is 4. The number of hydrogen-bond donors (Lipinski definition) is 0. The number of carbonyl (C=O) groups excluding carboxylic acids is 1. The van der Waals surface area contributed by atoms with E-state index in [2.05, 4.69) is 63.9 Å². The van der Waals surface area contributed by atoms with E-state index in [4.69, 9.17) is 4.98 Å². The molecule has 31 heavy (non-hydrogen) atoms. The first-order valence-corrected chi connectivity index (χ1v) is 11.4. The number of rotatable bonds is 4. The number of anilines is 1. The Morgan fingerprint density at radius 1 is 0.968 bits per heavy atom. The summed E-state index contributed by atoms with van der Waals surface area (Å²) in [6.07, 6.45) is 0.807. The second-order valence-corrected chi connectivity index (χ2v) is 9.03. The molecule has 0 N–H and O–H groups in total. The van der Waals surface area contributed by atoms with Gasteiger partial charge < -0.3 is 9.80 Å². The lowest BCUT2D eigenvalue weighted by Crippen LogP contribution is -2.49. The van der Waals surface area contributed by atoms with Crippen LogP contribution >= 0.6 is 15.9 Å². The maximum Gasteiger partial charge on any atom is 0.253 e. The molecular formula is C25H27BrN4O. The van der Waals surface area contributed by atoms with Gasteiger partial charge in [-0.3, -0.25) is 4.79 Å². The minimum atomic E-state index is 0.0854. The minimum Gasteiger partial charge on any atom is -0.353 e. The second-order valence-electron chi connectivity index (χ2n) is 8.11. The summed E-state index contributed by atoms with van der Waals surface area (Å²) >= 11 is 3.43. The fourth-order valence-electron chi connectivity index (χ4n) is 4.11. The number of carbonyl (C=O) groups is 1. The Morgan fingerprint density at radius 3 is 2.35 bits per heavy atom. The molecule has 5 nitrogen and oxygen atoms in total. The van der Waals surface area contributed by atoms with Gasteiger partial charge in [0, 0.05) is 53.9 Å². The van der Waals surface area contributed by atoms with E-state index in [-0.39, 0.29) is 5.91 Å². The van der Waals surface area contributed by atoms with E-state index in [1.807, 2.05) is 36.1 Å². The molecule has 1 aromatic heterocycles. The van der Waals surface area contributed by atoms with E-state index >= 15 is 0 Å². The van der Waals surface area contributed by atoms with Gasteiger partial charge in [0.2, 0.25) is 0 Å². The summed E-state index contributed by atoms with van der Waals surface area (Å²) in [5.41, 5.74) is 5.44. The van der Waals surface area contributed by atoms with Crippen molar-refractivity contribution in [1.82, 2.24) is 14.9 Å². The number of aromatic nitrogens is 2. The first-order valence-electron chi connectivity index (χ1n) is 10.6. The molecule has 1 saturated heterocycles. The minimum absolute atomic E-state index is 0.0854. The van der Waals surface area contributed by atoms with Crippen molar-refractivity contribution in [2.24, 2.45) is 0 Å². The molecule has 0 saturated carbocycles. The summed E-state index contributed by atoms with van der Waals surface area (Å²) in [5.74, 6) is 1.87. The third-order valence-corrected chi connectivity index (χ3v) is 6.25. The smallest absolute Gasteiger partial charge is 0.253 e. The van der Waals surface area contributed by atoms with Crippen molar-refractivity contribution in [2.75, 3.05) is 31.1 Å². The summed E-state index contributed by atoms with van der Waals surface area (Å²) in [4.78, 5) is 26.6. The summed E-state index contributed by atoms with van der Waals surface area (Å²) in [6.45, 7) is 9.02. The van der Waals surface area contributed by atoms with Gasteiger partial charge in [0.25, 0.3) is 5.91 Å². The van der Waals surface area contributed by atoms with Crippen LogP contribution in [-0.4, -0.2) is 47.0 Å². The molecule has 160 valence electrons. The van der Waals surface area contributed by atoms with Crippen LogP contribution < -0.4 is 4.90 Å². The molecule has 1 fully saturated rings. The monoisotopic (exact) mass is 478 g/mol. The molecule has 0 radical (unpaired) electrons. The summed E-state index contributed by atoms with van der Waals surface area (Å²) < 4.78 is 0.976. The van der Waals surface area contributed by atoms with Crippen molar-refractivity contribution in [3.63, 3.8) is 0 Å². The SMILES string of the molecule is Cc1cccc(Cc2c(C)nc(C)nc2N2CCN(C(=O)c3ccc(Br)cc3)CC2)c1. The van der Waals surface area contributed by atoms with E-state index in [0.29, 0.717) is 13.1 Å². The van der Waals surface area contributed by atoms with Crippen molar-refractivity contribution in [1.29, 1.82) is 0 Å². The molecule has 2 aromatic carbocycles. The largest absolute Gasteiger partial charge is 0.353 e. The van der Waals surface area contributed by atoms with Crippen molar-refractivity contribution in [3.05, 3.63) is 86.8 Å². The van der Waals surface area contributed by atoms with Crippen molar-refractivity contribution < 1.29 is 4.79 Å². The Labute approximate surface area is 192 Å². The third-order valence-electron chi connectivity index (χ3n) is 5.72. The fourth-order valence-corrected chi connectivity index (χ4v) is 4.37. The average molecular weight is 479 g/mol. The van der Waals surface area contributed by atoms with Crippen LogP contribution in [0.1, 0.15) is 38.6 Å². The van der Waals surface area contributed by atoms with Crippen LogP contribution in [0.3, 0.4) is 0 Å². The topological polar surface area (TPSA) is 49.3 Å². The van der Waals surface area contributed by atoms with Gasteiger partial charge in [-0.15, -0.1) is 0 Å². The molecule has 0 atom stereocenters. The van der Waals surface area contributed by atoms with Crippen molar-refractivity contribution in [3.8, 4) is 0 Å². The molecule has 0 unspecified atom stereocenters. The van der Waals surface area contributed by atoms with Gasteiger partial charge in [-0.1, -0.05) is 45.8 Å². The first-order chi connectivity index (χ1) is 14.9. The Balaban J connectivity index is 1.52. The highest BCUT2D eigenvalue weighted by Crippen LogP contribution is 2.26. The Morgan fingerprint density at radius 2 is 1.68 bits per heavy atom. The average Bonchev–Trinajstić information content (AvgIpc) is 2.76. The van der Waals surface area contributed by atoms with Gasteiger partial charge in [-0.05, 0) is 50.6 Å². The molecule has 4 rings (SSSR count). The highest BCUT2D eigenvalue weighted by atomic mass is 79.9. The van der Waals surface area contributed by atoms with Gasteiger partial charge in [0.15, 0.2) is 0 Å². The zero-order valence-corrected chi connectivity index (χ0v) is 19.8. The maximum absolute atomic E-state index is 12.9. The highest BCUT2D eigenvalue weighted by Gasteiger charge is 2.25. The van der Waals surface area contributed by atoms with Gasteiger partial charge in [0.05, 0.1) is 0 Å². The molecule has 2 heterocycles. The summed E-state index contributed by atoms with van der Waals surface area (Å²) in [7, 11) is 0. The number of hydrogen-bond acceptors (Lipinski definition) is 4. The maximum atomic E-state index is 12.9. The molecule has 6 heteroatoms. The van der Waals surface area contributed by atoms with E-state index in [9.17, 15) is 4.79 Å². The van der Waals surface area contributed by atoms with Gasteiger partial charge in [-0.2, -0.15) is 0 Å². The Hall–Kier alpha value is -2.73. The van der Waals surface area contributed by atoms with Crippen LogP contribution in [0.4, 0.5) is 5.82 Å². The Bertz CT molecular complexity index is 1090. The van der Waals surface area contributed by atoms with E-state index in [1.165, 1.54) is 16.7 Å². The van der Waals surface area contributed by atoms with Crippen LogP contribution in [-0.2, 0) is 6.42 Å². The molecule has 0 spiro atoms. The lowest BCUT2D eigenvalue weighted by molar-refractivity contribution is 0.0746. The first kappa shape index (κ1) is 21.5. The van der Waals surface area contributed by atoms with Gasteiger partial charge >= 0.3 is 0 Å². The third kappa shape index (κ3) is 4.96. The predicted octanol–water partition coefficient (Wildman–Crippen LogP) is 4.72. The quantitative estimate of drug-likeness (QED) is 0.544. The van der Waals surface area contributed by atoms with Crippen LogP contribution in [0.25, 0.3) is 0 Å². The normalized spacial score (nSPS) is 14.1. The molecule has 1 amide bonds. The predicted molar refractivity (Wildman–Crippen MR) is 128 cm³/mol. The van der Waals surface area contributed by atoms with Gasteiger partial charge in [-0.25, -0.2) is 9.97 Å². The number of amides is 1. The molecule has 3 aromatic rings. The molecule has 1 aliphatic heterocycles. The van der Waals surface area contributed by atoms with Crippen LogP contribution in [0.15, 0.2) is 53.0 Å². The lowest BCUT2D eigenvalue weighted by atomic mass is 10.0. The molecular weight excluding hydrogens is 452 g/mol. The molecule has 0 bridgehead atoms. The standard InChI is InChI=1S/C25H27BrN4O/c1-17-5-4-6-20(15-17)16-23-18(2)27-19(3)28-24(23)29-11-13-30(14-12-29)25(31)21-7-9-22(26)10-8-21/h4-10,15H,11-14,16H2,1-3H3. The Kier molecular flexibility index (Phi) is 6.37. The summed E-state index contributed by atoms with van der Waals surface area (Å²) in [6, 6.07) is 16.2. The van der Waals surface area contributed by atoms with Crippen LogP contribution in [0, 0.1) is 20.8 Å². The number of halogens is 1. The zero-order valence-electron chi connectivity index (χ0n) is 18.2. The molecule has 0 aliphatic carbocycles. The highest BCUT2D eigenvalue weighted by molar-refractivity contribution is 9.10. The number of piperazine rings is 1. The lowest BCUT2D eigenvalue weighted by Gasteiger charge is -2.36.